The molecular formula is C20H24N4O. The van der Waals surface area contributed by atoms with E-state index in [-0.39, 0.29) is 0 Å². The van der Waals surface area contributed by atoms with Crippen LogP contribution in [0.1, 0.15) is 16.8 Å². The lowest BCUT2D eigenvalue weighted by Crippen LogP contribution is -2.26. The van der Waals surface area contributed by atoms with Gasteiger partial charge in [0.2, 0.25) is 0 Å². The number of methoxy groups -OCH3 is 1. The minimum Gasteiger partial charge on any atom is -0.497 e. The molecule has 0 atom stereocenters. The summed E-state index contributed by atoms with van der Waals surface area (Å²) in [6.07, 6.45) is 6.54. The molecule has 0 aliphatic rings. The highest BCUT2D eigenvalue weighted by Gasteiger charge is 2.10. The van der Waals surface area contributed by atoms with Gasteiger partial charge >= 0.3 is 0 Å². The average Bonchev–Trinajstić information content (AvgIpc) is 3.05. The van der Waals surface area contributed by atoms with Crippen molar-refractivity contribution in [3.05, 3.63) is 77.9 Å². The van der Waals surface area contributed by atoms with E-state index in [2.05, 4.69) is 45.3 Å². The summed E-state index contributed by atoms with van der Waals surface area (Å²) in [6.45, 7) is 2.73. The van der Waals surface area contributed by atoms with Gasteiger partial charge in [-0.05, 0) is 47.9 Å². The number of hydrogen-bond donors (Lipinski definition) is 0. The van der Waals surface area contributed by atoms with E-state index in [1.165, 1.54) is 16.8 Å². The highest BCUT2D eigenvalue weighted by molar-refractivity contribution is 5.27. The Morgan fingerprint density at radius 3 is 2.32 bits per heavy atom. The van der Waals surface area contributed by atoms with Crippen LogP contribution in [0.5, 0.6) is 5.75 Å². The van der Waals surface area contributed by atoms with Crippen molar-refractivity contribution in [3.8, 4) is 5.75 Å². The first kappa shape index (κ1) is 17.2. The van der Waals surface area contributed by atoms with Gasteiger partial charge in [0.1, 0.15) is 5.75 Å². The fraction of sp³-hybridized carbons (Fsp3) is 0.300. The minimum absolute atomic E-state index is 0.870. The molecule has 0 spiro atoms. The second-order valence-corrected chi connectivity index (χ2v) is 6.11. The first-order valence-corrected chi connectivity index (χ1v) is 8.45. The number of ether oxygens (including phenoxy) is 1. The van der Waals surface area contributed by atoms with Crippen LogP contribution in [0.3, 0.4) is 0 Å². The van der Waals surface area contributed by atoms with Crippen LogP contribution in [0.2, 0.25) is 0 Å². The minimum atomic E-state index is 0.870. The summed E-state index contributed by atoms with van der Waals surface area (Å²) in [6, 6.07) is 14.5. The number of nitrogens with zero attached hydrogens (tertiary/aromatic N) is 4. The summed E-state index contributed by atoms with van der Waals surface area (Å²) in [5.74, 6) is 0.896. The van der Waals surface area contributed by atoms with Crippen LogP contribution in [-0.4, -0.2) is 33.3 Å². The van der Waals surface area contributed by atoms with Gasteiger partial charge in [-0.15, -0.1) is 0 Å². The van der Waals surface area contributed by atoms with Crippen molar-refractivity contribution in [1.82, 2.24) is 19.7 Å². The van der Waals surface area contributed by atoms with Crippen LogP contribution >= 0.6 is 0 Å². The molecule has 2 aromatic heterocycles. The molecule has 1 aromatic carbocycles. The van der Waals surface area contributed by atoms with E-state index in [4.69, 9.17) is 4.74 Å². The van der Waals surface area contributed by atoms with E-state index in [9.17, 15) is 0 Å². The first-order chi connectivity index (χ1) is 12.2. The van der Waals surface area contributed by atoms with E-state index in [0.29, 0.717) is 0 Å². The smallest absolute Gasteiger partial charge is 0.118 e. The molecule has 5 heteroatoms. The second kappa shape index (κ2) is 8.44. The fourth-order valence-electron chi connectivity index (χ4n) is 2.83. The molecule has 5 nitrogen and oxygen atoms in total. The molecule has 130 valence electrons. The quantitative estimate of drug-likeness (QED) is 0.634. The third-order valence-electron chi connectivity index (χ3n) is 4.34. The lowest BCUT2D eigenvalue weighted by Gasteiger charge is -2.22. The molecule has 0 unspecified atom stereocenters. The topological polar surface area (TPSA) is 43.2 Å². The van der Waals surface area contributed by atoms with Gasteiger partial charge in [-0.2, -0.15) is 5.10 Å². The summed E-state index contributed by atoms with van der Waals surface area (Å²) in [5, 5.41) is 4.28. The lowest BCUT2D eigenvalue weighted by molar-refractivity contribution is 0.253. The summed E-state index contributed by atoms with van der Waals surface area (Å²) in [4.78, 5) is 6.55. The number of aryl methyl sites for hydroxylation is 1. The molecule has 0 saturated heterocycles. The van der Waals surface area contributed by atoms with Gasteiger partial charge in [-0.3, -0.25) is 14.6 Å². The van der Waals surface area contributed by atoms with Gasteiger partial charge in [0.25, 0.3) is 0 Å². The monoisotopic (exact) mass is 336 g/mol. The molecule has 25 heavy (non-hydrogen) atoms. The van der Waals surface area contributed by atoms with E-state index < -0.39 is 0 Å². The van der Waals surface area contributed by atoms with Gasteiger partial charge in [0.15, 0.2) is 0 Å². The first-order valence-electron chi connectivity index (χ1n) is 8.45. The third-order valence-corrected chi connectivity index (χ3v) is 4.34. The van der Waals surface area contributed by atoms with E-state index in [1.54, 1.807) is 7.11 Å². The van der Waals surface area contributed by atoms with Crippen LogP contribution in [0.25, 0.3) is 0 Å². The standard InChI is InChI=1S/C20H24N4O/c1-23-19(9-13-22-23)16-24(15-18-7-11-21-12-8-18)14-10-17-3-5-20(25-2)6-4-17/h3-9,11-13H,10,14-16H2,1-2H3. The molecule has 0 aliphatic heterocycles. The van der Waals surface area contributed by atoms with Crippen molar-refractivity contribution >= 4 is 0 Å². The van der Waals surface area contributed by atoms with Crippen LogP contribution in [-0.2, 0) is 26.6 Å². The fourth-order valence-corrected chi connectivity index (χ4v) is 2.83. The molecule has 0 aliphatic carbocycles. The van der Waals surface area contributed by atoms with Crippen LogP contribution < -0.4 is 4.74 Å². The van der Waals surface area contributed by atoms with Crippen molar-refractivity contribution in [1.29, 1.82) is 0 Å². The molecule has 3 rings (SSSR count). The molecule has 0 amide bonds. The lowest BCUT2D eigenvalue weighted by atomic mass is 10.1. The molecule has 0 radical (unpaired) electrons. The normalized spacial score (nSPS) is 11.0. The van der Waals surface area contributed by atoms with E-state index >= 15 is 0 Å². The Balaban J connectivity index is 1.67. The predicted octanol–water partition coefficient (Wildman–Crippen LogP) is 3.07. The van der Waals surface area contributed by atoms with E-state index in [1.807, 2.05) is 42.5 Å². The van der Waals surface area contributed by atoms with Gasteiger partial charge < -0.3 is 4.74 Å². The maximum absolute atomic E-state index is 5.23. The maximum atomic E-state index is 5.23. The summed E-state index contributed by atoms with van der Waals surface area (Å²) < 4.78 is 7.17. The second-order valence-electron chi connectivity index (χ2n) is 6.11. The Kier molecular flexibility index (Phi) is 5.80. The number of pyridine rings is 1. The van der Waals surface area contributed by atoms with Crippen LogP contribution in [0.15, 0.2) is 61.1 Å². The molecule has 0 N–H and O–H groups in total. The summed E-state index contributed by atoms with van der Waals surface area (Å²) >= 11 is 0. The number of benzene rings is 1. The Hall–Kier alpha value is -2.66. The van der Waals surface area contributed by atoms with Crippen molar-refractivity contribution in [2.75, 3.05) is 13.7 Å². The molecule has 2 heterocycles. The van der Waals surface area contributed by atoms with Crippen molar-refractivity contribution in [2.45, 2.75) is 19.5 Å². The Bertz CT molecular complexity index is 768. The van der Waals surface area contributed by atoms with Gasteiger partial charge in [-0.25, -0.2) is 0 Å². The van der Waals surface area contributed by atoms with Crippen molar-refractivity contribution in [2.24, 2.45) is 7.05 Å². The Labute approximate surface area is 148 Å². The van der Waals surface area contributed by atoms with Gasteiger partial charge in [-0.1, -0.05) is 12.1 Å². The largest absolute Gasteiger partial charge is 0.497 e. The zero-order chi connectivity index (χ0) is 17.5. The molecule has 0 fully saturated rings. The van der Waals surface area contributed by atoms with Crippen molar-refractivity contribution in [3.63, 3.8) is 0 Å². The third kappa shape index (κ3) is 4.90. The number of aromatic nitrogens is 3. The SMILES string of the molecule is COc1ccc(CCN(Cc2ccncc2)Cc2ccnn2C)cc1. The van der Waals surface area contributed by atoms with E-state index in [0.717, 1.165) is 31.8 Å². The van der Waals surface area contributed by atoms with Crippen LogP contribution in [0, 0.1) is 0 Å². The molecular weight excluding hydrogens is 312 g/mol. The molecule has 0 bridgehead atoms. The zero-order valence-corrected chi connectivity index (χ0v) is 14.8. The van der Waals surface area contributed by atoms with Gasteiger partial charge in [0.05, 0.1) is 12.8 Å². The molecule has 0 saturated carbocycles. The summed E-state index contributed by atoms with van der Waals surface area (Å²) in [5.41, 5.74) is 3.79. The number of rotatable bonds is 8. The highest BCUT2D eigenvalue weighted by Crippen LogP contribution is 2.14. The van der Waals surface area contributed by atoms with Crippen LogP contribution in [0.4, 0.5) is 0 Å². The predicted molar refractivity (Wildman–Crippen MR) is 98.3 cm³/mol. The Morgan fingerprint density at radius 1 is 0.920 bits per heavy atom. The Morgan fingerprint density at radius 2 is 1.68 bits per heavy atom. The van der Waals surface area contributed by atoms with Gasteiger partial charge in [0, 0.05) is 45.3 Å². The zero-order valence-electron chi connectivity index (χ0n) is 14.8. The van der Waals surface area contributed by atoms with Crippen molar-refractivity contribution < 1.29 is 4.74 Å². The highest BCUT2D eigenvalue weighted by atomic mass is 16.5. The molecule has 3 aromatic rings. The average molecular weight is 336 g/mol. The maximum Gasteiger partial charge on any atom is 0.118 e. The summed E-state index contributed by atoms with van der Waals surface area (Å²) in [7, 11) is 3.68. The number of hydrogen-bond acceptors (Lipinski definition) is 4.